The van der Waals surface area contributed by atoms with Crippen molar-refractivity contribution in [2.24, 2.45) is 5.73 Å². The second kappa shape index (κ2) is 7.42. The summed E-state index contributed by atoms with van der Waals surface area (Å²) in [5.74, 6) is -1.06. The summed E-state index contributed by atoms with van der Waals surface area (Å²) < 4.78 is 0. The van der Waals surface area contributed by atoms with Gasteiger partial charge in [0.2, 0.25) is 0 Å². The van der Waals surface area contributed by atoms with Crippen molar-refractivity contribution in [2.45, 2.75) is 32.4 Å². The van der Waals surface area contributed by atoms with Crippen LogP contribution in [0.4, 0.5) is 5.13 Å². The van der Waals surface area contributed by atoms with E-state index in [1.807, 2.05) is 0 Å². The number of rotatable bonds is 8. The molecule has 4 N–H and O–H groups in total. The first-order chi connectivity index (χ1) is 8.91. The lowest BCUT2D eigenvalue weighted by Crippen LogP contribution is -2.28. The quantitative estimate of drug-likeness (QED) is 0.625. The molecular formula is C12H22N4O2S. The molecule has 0 aromatic carbocycles. The Morgan fingerprint density at radius 2 is 2.32 bits per heavy atom. The first-order valence-corrected chi connectivity index (χ1v) is 7.17. The summed E-state index contributed by atoms with van der Waals surface area (Å²) in [7, 11) is 2.10. The van der Waals surface area contributed by atoms with Gasteiger partial charge in [0.15, 0.2) is 5.13 Å². The average Bonchev–Trinajstić information content (AvgIpc) is 2.81. The molecule has 1 rings (SSSR count). The summed E-state index contributed by atoms with van der Waals surface area (Å²) in [6.07, 6.45) is 1.01. The highest BCUT2D eigenvalue weighted by Gasteiger charge is 2.17. The lowest BCUT2D eigenvalue weighted by Gasteiger charge is -2.20. The predicted octanol–water partition coefficient (Wildman–Crippen LogP) is 1.37. The van der Waals surface area contributed by atoms with Crippen molar-refractivity contribution in [1.82, 2.24) is 9.88 Å². The van der Waals surface area contributed by atoms with E-state index in [2.05, 4.69) is 36.1 Å². The van der Waals surface area contributed by atoms with Crippen LogP contribution in [-0.4, -0.2) is 47.1 Å². The van der Waals surface area contributed by atoms with Crippen LogP contribution < -0.4 is 11.1 Å². The molecule has 19 heavy (non-hydrogen) atoms. The average molecular weight is 286 g/mol. The monoisotopic (exact) mass is 286 g/mol. The number of anilines is 1. The highest BCUT2D eigenvalue weighted by molar-refractivity contribution is 7.13. The normalized spacial score (nSPS) is 12.9. The van der Waals surface area contributed by atoms with E-state index in [0.717, 1.165) is 24.6 Å². The first kappa shape index (κ1) is 15.9. The number of aromatic nitrogens is 1. The Morgan fingerprint density at radius 1 is 1.63 bits per heavy atom. The largest absolute Gasteiger partial charge is 0.480 e. The minimum absolute atomic E-state index is 0.402. The van der Waals surface area contributed by atoms with Crippen LogP contribution in [0, 0.1) is 0 Å². The molecule has 0 aliphatic heterocycles. The number of nitrogens with one attached hydrogen (secondary N) is 1. The molecule has 0 spiro atoms. The molecule has 0 bridgehead atoms. The van der Waals surface area contributed by atoms with Gasteiger partial charge in [-0.15, -0.1) is 11.3 Å². The van der Waals surface area contributed by atoms with Crippen LogP contribution in [0.15, 0.2) is 5.38 Å². The number of hydrogen-bond donors (Lipinski definition) is 3. The number of carboxylic acids is 1. The van der Waals surface area contributed by atoms with Gasteiger partial charge in [-0.1, -0.05) is 0 Å². The molecule has 0 amide bonds. The van der Waals surface area contributed by atoms with E-state index in [1.54, 1.807) is 5.38 Å². The SMILES string of the molecule is CC(C)N(C)CCCNc1nc(C(N)C(=O)O)cs1. The van der Waals surface area contributed by atoms with Crippen molar-refractivity contribution in [2.75, 3.05) is 25.5 Å². The van der Waals surface area contributed by atoms with Gasteiger partial charge in [0.05, 0.1) is 5.69 Å². The molecule has 7 heteroatoms. The second-order valence-corrected chi connectivity index (χ2v) is 5.61. The summed E-state index contributed by atoms with van der Waals surface area (Å²) in [6.45, 7) is 6.14. The van der Waals surface area contributed by atoms with E-state index < -0.39 is 12.0 Å². The molecule has 1 aromatic rings. The zero-order valence-electron chi connectivity index (χ0n) is 11.6. The van der Waals surface area contributed by atoms with E-state index >= 15 is 0 Å². The molecule has 1 unspecified atom stereocenters. The number of hydrogen-bond acceptors (Lipinski definition) is 6. The Bertz CT molecular complexity index is 408. The summed E-state index contributed by atoms with van der Waals surface area (Å²) >= 11 is 1.38. The smallest absolute Gasteiger partial charge is 0.326 e. The van der Waals surface area contributed by atoms with Crippen molar-refractivity contribution in [3.8, 4) is 0 Å². The van der Waals surface area contributed by atoms with E-state index in [1.165, 1.54) is 11.3 Å². The third-order valence-corrected chi connectivity index (χ3v) is 3.77. The molecule has 108 valence electrons. The summed E-state index contributed by atoms with van der Waals surface area (Å²) in [5, 5.41) is 14.4. The van der Waals surface area contributed by atoms with Gasteiger partial charge < -0.3 is 21.1 Å². The number of carboxylic acid groups (broad SMARTS) is 1. The lowest BCUT2D eigenvalue weighted by molar-refractivity contribution is -0.138. The maximum Gasteiger partial charge on any atom is 0.326 e. The molecule has 1 heterocycles. The molecule has 0 aliphatic carbocycles. The second-order valence-electron chi connectivity index (χ2n) is 4.75. The number of carbonyl (C=O) groups is 1. The number of aliphatic carboxylic acids is 1. The van der Waals surface area contributed by atoms with Crippen LogP contribution in [0.3, 0.4) is 0 Å². The molecule has 6 nitrogen and oxygen atoms in total. The fourth-order valence-corrected chi connectivity index (χ4v) is 2.19. The molecule has 1 atom stereocenters. The Morgan fingerprint density at radius 3 is 2.89 bits per heavy atom. The lowest BCUT2D eigenvalue weighted by atomic mass is 10.2. The fourth-order valence-electron chi connectivity index (χ4n) is 1.42. The minimum Gasteiger partial charge on any atom is -0.480 e. The van der Waals surface area contributed by atoms with E-state index in [-0.39, 0.29) is 0 Å². The van der Waals surface area contributed by atoms with Crippen molar-refractivity contribution < 1.29 is 9.90 Å². The van der Waals surface area contributed by atoms with Gasteiger partial charge in [-0.25, -0.2) is 4.98 Å². The van der Waals surface area contributed by atoms with Crippen molar-refractivity contribution >= 4 is 22.4 Å². The summed E-state index contributed by atoms with van der Waals surface area (Å²) in [5.41, 5.74) is 5.89. The van der Waals surface area contributed by atoms with Gasteiger partial charge >= 0.3 is 5.97 Å². The Labute approximate surface area is 117 Å². The minimum atomic E-state index is -1.06. The highest BCUT2D eigenvalue weighted by Crippen LogP contribution is 2.19. The van der Waals surface area contributed by atoms with E-state index in [9.17, 15) is 4.79 Å². The topological polar surface area (TPSA) is 91.5 Å². The van der Waals surface area contributed by atoms with Crippen molar-refractivity contribution in [3.63, 3.8) is 0 Å². The van der Waals surface area contributed by atoms with Crippen LogP contribution in [0.1, 0.15) is 32.0 Å². The van der Waals surface area contributed by atoms with Gasteiger partial charge in [-0.2, -0.15) is 0 Å². The molecule has 1 aromatic heterocycles. The van der Waals surface area contributed by atoms with E-state index in [0.29, 0.717) is 11.7 Å². The maximum atomic E-state index is 10.7. The molecule has 0 aliphatic rings. The van der Waals surface area contributed by atoms with Crippen LogP contribution in [0.25, 0.3) is 0 Å². The van der Waals surface area contributed by atoms with Gasteiger partial charge in [0.1, 0.15) is 6.04 Å². The Balaban J connectivity index is 2.33. The van der Waals surface area contributed by atoms with Gasteiger partial charge in [0.25, 0.3) is 0 Å². The van der Waals surface area contributed by atoms with Crippen LogP contribution >= 0.6 is 11.3 Å². The molecule has 0 radical (unpaired) electrons. The molecule has 0 fully saturated rings. The number of thiazole rings is 1. The summed E-state index contributed by atoms with van der Waals surface area (Å²) in [4.78, 5) is 17.2. The zero-order valence-corrected chi connectivity index (χ0v) is 12.4. The number of nitrogens with two attached hydrogens (primary N) is 1. The van der Waals surface area contributed by atoms with Crippen LogP contribution in [-0.2, 0) is 4.79 Å². The van der Waals surface area contributed by atoms with Crippen LogP contribution in [0.2, 0.25) is 0 Å². The predicted molar refractivity (Wildman–Crippen MR) is 77.6 cm³/mol. The third kappa shape index (κ3) is 5.14. The first-order valence-electron chi connectivity index (χ1n) is 6.29. The maximum absolute atomic E-state index is 10.7. The van der Waals surface area contributed by atoms with Gasteiger partial charge in [-0.05, 0) is 33.9 Å². The highest BCUT2D eigenvalue weighted by atomic mass is 32.1. The van der Waals surface area contributed by atoms with Gasteiger partial charge in [0, 0.05) is 18.0 Å². The molecule has 0 saturated carbocycles. The van der Waals surface area contributed by atoms with Crippen molar-refractivity contribution in [3.05, 3.63) is 11.1 Å². The molecular weight excluding hydrogens is 264 g/mol. The third-order valence-electron chi connectivity index (χ3n) is 2.95. The molecule has 0 saturated heterocycles. The standard InChI is InChI=1S/C12H22N4O2S/c1-8(2)16(3)6-4-5-14-12-15-9(7-19-12)10(13)11(17)18/h7-8,10H,4-6,13H2,1-3H3,(H,14,15)(H,17,18). The van der Waals surface area contributed by atoms with Gasteiger partial charge in [-0.3, -0.25) is 4.79 Å². The number of nitrogens with zero attached hydrogens (tertiary/aromatic N) is 2. The fraction of sp³-hybridized carbons (Fsp3) is 0.667. The van der Waals surface area contributed by atoms with E-state index in [4.69, 9.17) is 10.8 Å². The zero-order chi connectivity index (χ0) is 14.4. The summed E-state index contributed by atoms with van der Waals surface area (Å²) in [6, 6.07) is -0.501. The van der Waals surface area contributed by atoms with Crippen LogP contribution in [0.5, 0.6) is 0 Å². The van der Waals surface area contributed by atoms with Crippen molar-refractivity contribution in [1.29, 1.82) is 0 Å². The Hall–Kier alpha value is -1.18. The Kier molecular flexibility index (Phi) is 6.20.